The molecule has 1 aliphatic rings. The molecule has 0 spiro atoms. The van der Waals surface area contributed by atoms with Gasteiger partial charge in [-0.05, 0) is 59.5 Å². The van der Waals surface area contributed by atoms with Crippen molar-refractivity contribution in [2.75, 3.05) is 31.9 Å². The fraction of sp³-hybridized carbons (Fsp3) is 1.00. The predicted octanol–water partition coefficient (Wildman–Crippen LogP) is 1.52. The maximum absolute atomic E-state index is 11.9. The highest BCUT2D eigenvalue weighted by atomic mass is 32.2. The summed E-state index contributed by atoms with van der Waals surface area (Å²) < 4.78 is 23.8. The largest absolute Gasteiger partial charge is 0.317 e. The van der Waals surface area contributed by atoms with Gasteiger partial charge in [-0.3, -0.25) is 4.90 Å². The molecule has 0 aromatic carbocycles. The number of piperidine rings is 1. The number of nitrogens with one attached hydrogen (secondary N) is 1. The normalized spacial score (nSPS) is 18.7. The Kier molecular flexibility index (Phi) is 6.77. The Balaban J connectivity index is 2.48. The molecule has 19 heavy (non-hydrogen) atoms. The number of rotatable bonds is 7. The SMILES string of the molecule is CC(C)N(CCS(=O)(=O)C(C)C)CC1CCNCC1. The summed E-state index contributed by atoms with van der Waals surface area (Å²) in [4.78, 5) is 2.33. The first-order valence-electron chi connectivity index (χ1n) is 7.49. The monoisotopic (exact) mass is 290 g/mol. The molecule has 1 N–H and O–H groups in total. The van der Waals surface area contributed by atoms with Gasteiger partial charge in [0.1, 0.15) is 0 Å². The van der Waals surface area contributed by atoms with Crippen LogP contribution in [0.1, 0.15) is 40.5 Å². The minimum absolute atomic E-state index is 0.264. The van der Waals surface area contributed by atoms with Gasteiger partial charge in [-0.1, -0.05) is 0 Å². The van der Waals surface area contributed by atoms with E-state index in [1.807, 2.05) is 0 Å². The van der Waals surface area contributed by atoms with Gasteiger partial charge >= 0.3 is 0 Å². The Morgan fingerprint density at radius 2 is 1.74 bits per heavy atom. The summed E-state index contributed by atoms with van der Waals surface area (Å²) in [5, 5.41) is 3.11. The van der Waals surface area contributed by atoms with E-state index >= 15 is 0 Å². The summed E-state index contributed by atoms with van der Waals surface area (Å²) in [6, 6.07) is 0.414. The topological polar surface area (TPSA) is 49.4 Å². The summed E-state index contributed by atoms with van der Waals surface area (Å²) in [6.07, 6.45) is 2.42. The molecule has 0 saturated carbocycles. The van der Waals surface area contributed by atoms with Gasteiger partial charge in [0, 0.05) is 19.1 Å². The Morgan fingerprint density at radius 1 is 1.16 bits per heavy atom. The van der Waals surface area contributed by atoms with Crippen molar-refractivity contribution < 1.29 is 8.42 Å². The lowest BCUT2D eigenvalue weighted by atomic mass is 9.97. The summed E-state index contributed by atoms with van der Waals surface area (Å²) in [5.41, 5.74) is 0. The molecule has 4 nitrogen and oxygen atoms in total. The van der Waals surface area contributed by atoms with Crippen LogP contribution in [0.2, 0.25) is 0 Å². The van der Waals surface area contributed by atoms with E-state index in [0.717, 1.165) is 19.6 Å². The number of nitrogens with zero attached hydrogens (tertiary/aromatic N) is 1. The van der Waals surface area contributed by atoms with Gasteiger partial charge in [0.25, 0.3) is 0 Å². The molecule has 5 heteroatoms. The second-order valence-corrected chi connectivity index (χ2v) is 8.87. The van der Waals surface area contributed by atoms with Gasteiger partial charge in [0.2, 0.25) is 0 Å². The van der Waals surface area contributed by atoms with Gasteiger partial charge < -0.3 is 5.32 Å². The lowest BCUT2D eigenvalue weighted by Gasteiger charge is -2.32. The van der Waals surface area contributed by atoms with E-state index in [0.29, 0.717) is 18.5 Å². The summed E-state index contributed by atoms with van der Waals surface area (Å²) in [6.45, 7) is 11.7. The van der Waals surface area contributed by atoms with Crippen molar-refractivity contribution in [1.29, 1.82) is 0 Å². The molecule has 0 aromatic rings. The first-order chi connectivity index (χ1) is 8.83. The van der Waals surface area contributed by atoms with Crippen LogP contribution in [-0.2, 0) is 9.84 Å². The second kappa shape index (κ2) is 7.60. The molecule has 1 fully saturated rings. The molecular weight excluding hydrogens is 260 g/mol. The van der Waals surface area contributed by atoms with Crippen LogP contribution in [0.5, 0.6) is 0 Å². The Hall–Kier alpha value is -0.130. The van der Waals surface area contributed by atoms with Crippen molar-refractivity contribution in [3.63, 3.8) is 0 Å². The molecule has 0 atom stereocenters. The first-order valence-corrected chi connectivity index (χ1v) is 9.21. The molecule has 1 aliphatic heterocycles. The average Bonchev–Trinajstić information content (AvgIpc) is 2.35. The highest BCUT2D eigenvalue weighted by Gasteiger charge is 2.22. The van der Waals surface area contributed by atoms with E-state index in [4.69, 9.17) is 0 Å². The highest BCUT2D eigenvalue weighted by Crippen LogP contribution is 2.15. The van der Waals surface area contributed by atoms with Gasteiger partial charge in [0.15, 0.2) is 9.84 Å². The van der Waals surface area contributed by atoms with Crippen LogP contribution in [0, 0.1) is 5.92 Å². The van der Waals surface area contributed by atoms with Crippen LogP contribution in [0.25, 0.3) is 0 Å². The Labute approximate surface area is 118 Å². The van der Waals surface area contributed by atoms with Crippen molar-refractivity contribution in [2.45, 2.75) is 51.8 Å². The smallest absolute Gasteiger partial charge is 0.153 e. The summed E-state index contributed by atoms with van der Waals surface area (Å²) in [5.74, 6) is 0.999. The van der Waals surface area contributed by atoms with Crippen LogP contribution in [0.4, 0.5) is 0 Å². The van der Waals surface area contributed by atoms with Crippen LogP contribution in [-0.4, -0.2) is 56.5 Å². The quantitative estimate of drug-likeness (QED) is 0.772. The zero-order valence-corrected chi connectivity index (χ0v) is 13.7. The first kappa shape index (κ1) is 16.9. The van der Waals surface area contributed by atoms with Crippen LogP contribution in [0.3, 0.4) is 0 Å². The number of sulfone groups is 1. The summed E-state index contributed by atoms with van der Waals surface area (Å²) >= 11 is 0. The molecule has 1 rings (SSSR count). The fourth-order valence-corrected chi connectivity index (χ4v) is 3.40. The number of hydrogen-bond acceptors (Lipinski definition) is 4. The van der Waals surface area contributed by atoms with Crippen molar-refractivity contribution in [1.82, 2.24) is 10.2 Å². The average molecular weight is 290 g/mol. The van der Waals surface area contributed by atoms with Crippen molar-refractivity contribution in [2.24, 2.45) is 5.92 Å². The maximum atomic E-state index is 11.9. The van der Waals surface area contributed by atoms with Gasteiger partial charge in [-0.2, -0.15) is 0 Å². The van der Waals surface area contributed by atoms with E-state index in [9.17, 15) is 8.42 Å². The minimum atomic E-state index is -2.92. The Morgan fingerprint density at radius 3 is 2.21 bits per heavy atom. The van der Waals surface area contributed by atoms with Crippen molar-refractivity contribution in [3.05, 3.63) is 0 Å². The lowest BCUT2D eigenvalue weighted by molar-refractivity contribution is 0.178. The zero-order valence-electron chi connectivity index (χ0n) is 12.9. The minimum Gasteiger partial charge on any atom is -0.317 e. The van der Waals surface area contributed by atoms with E-state index in [1.165, 1.54) is 12.8 Å². The second-order valence-electron chi connectivity index (χ2n) is 6.20. The molecule has 0 aliphatic carbocycles. The molecule has 0 radical (unpaired) electrons. The van der Waals surface area contributed by atoms with Crippen molar-refractivity contribution in [3.8, 4) is 0 Å². The molecule has 1 heterocycles. The molecule has 0 bridgehead atoms. The van der Waals surface area contributed by atoms with Crippen LogP contribution < -0.4 is 5.32 Å². The molecule has 1 saturated heterocycles. The van der Waals surface area contributed by atoms with Gasteiger partial charge in [-0.25, -0.2) is 8.42 Å². The van der Waals surface area contributed by atoms with Gasteiger partial charge in [-0.15, -0.1) is 0 Å². The third-order valence-corrected chi connectivity index (χ3v) is 6.25. The van der Waals surface area contributed by atoms with Crippen LogP contribution in [0.15, 0.2) is 0 Å². The molecular formula is C14H30N2O2S. The van der Waals surface area contributed by atoms with E-state index in [2.05, 4.69) is 24.1 Å². The standard InChI is InChI=1S/C14H30N2O2S/c1-12(2)16(9-10-19(17,18)13(3)4)11-14-5-7-15-8-6-14/h12-15H,5-11H2,1-4H3. The number of hydrogen-bond donors (Lipinski definition) is 1. The van der Waals surface area contributed by atoms with Crippen LogP contribution >= 0.6 is 0 Å². The molecule has 0 aromatic heterocycles. The molecule has 114 valence electrons. The van der Waals surface area contributed by atoms with Crippen molar-refractivity contribution >= 4 is 9.84 Å². The third-order valence-electron chi connectivity index (χ3n) is 4.06. The fourth-order valence-electron chi connectivity index (χ4n) is 2.44. The predicted molar refractivity (Wildman–Crippen MR) is 81.2 cm³/mol. The van der Waals surface area contributed by atoms with E-state index in [-0.39, 0.29) is 11.0 Å². The highest BCUT2D eigenvalue weighted by molar-refractivity contribution is 7.92. The third kappa shape index (κ3) is 5.79. The van der Waals surface area contributed by atoms with E-state index in [1.54, 1.807) is 13.8 Å². The Bertz CT molecular complexity index is 346. The summed E-state index contributed by atoms with van der Waals surface area (Å²) in [7, 11) is -2.92. The van der Waals surface area contributed by atoms with Gasteiger partial charge in [0.05, 0.1) is 11.0 Å². The lowest BCUT2D eigenvalue weighted by Crippen LogP contribution is -2.42. The van der Waals surface area contributed by atoms with E-state index < -0.39 is 9.84 Å². The zero-order chi connectivity index (χ0) is 14.5. The maximum Gasteiger partial charge on any atom is 0.153 e. The molecule has 0 amide bonds. The molecule has 0 unspecified atom stereocenters.